The average molecular weight is 383 g/mol. The van der Waals surface area contributed by atoms with E-state index < -0.39 is 12.0 Å². The summed E-state index contributed by atoms with van der Waals surface area (Å²) in [5, 5.41) is 13.7. The number of nitrogens with one attached hydrogen (secondary N) is 1. The van der Waals surface area contributed by atoms with Gasteiger partial charge in [0.05, 0.1) is 23.7 Å². The van der Waals surface area contributed by atoms with Gasteiger partial charge in [-0.15, -0.1) is 11.3 Å². The molecule has 2 N–H and O–H groups in total. The van der Waals surface area contributed by atoms with Crippen molar-refractivity contribution in [3.05, 3.63) is 50.9 Å². The lowest BCUT2D eigenvalue weighted by Crippen LogP contribution is -2.30. The highest BCUT2D eigenvalue weighted by Crippen LogP contribution is 2.21. The van der Waals surface area contributed by atoms with Gasteiger partial charge in [-0.3, -0.25) is 9.59 Å². The summed E-state index contributed by atoms with van der Waals surface area (Å²) in [5.74, 6) is -1.14. The Morgan fingerprint density at radius 2 is 2.23 bits per heavy atom. The summed E-state index contributed by atoms with van der Waals surface area (Å²) >= 11 is 4.84. The number of aryl methyl sites for hydroxylation is 1. The van der Waals surface area contributed by atoms with Gasteiger partial charge in [-0.25, -0.2) is 4.98 Å². The van der Waals surface area contributed by atoms with E-state index in [1.807, 2.05) is 23.6 Å². The lowest BCUT2D eigenvalue weighted by Gasteiger charge is -2.17. The van der Waals surface area contributed by atoms with Gasteiger partial charge in [0.15, 0.2) is 0 Å². The quantitative estimate of drug-likeness (QED) is 0.770. The molecule has 22 heavy (non-hydrogen) atoms. The van der Waals surface area contributed by atoms with Gasteiger partial charge >= 0.3 is 5.97 Å². The van der Waals surface area contributed by atoms with E-state index in [0.29, 0.717) is 6.42 Å². The fourth-order valence-electron chi connectivity index (χ4n) is 2.02. The van der Waals surface area contributed by atoms with E-state index in [9.17, 15) is 9.59 Å². The van der Waals surface area contributed by atoms with Crippen molar-refractivity contribution >= 4 is 39.1 Å². The second kappa shape index (κ2) is 8.05. The fourth-order valence-corrected chi connectivity index (χ4v) is 3.03. The van der Waals surface area contributed by atoms with Gasteiger partial charge in [-0.1, -0.05) is 28.1 Å². The van der Waals surface area contributed by atoms with Crippen LogP contribution in [0.5, 0.6) is 0 Å². The van der Waals surface area contributed by atoms with Crippen molar-refractivity contribution in [1.29, 1.82) is 0 Å². The molecule has 0 aliphatic heterocycles. The predicted molar refractivity (Wildman–Crippen MR) is 87.7 cm³/mol. The molecule has 1 amide bonds. The van der Waals surface area contributed by atoms with Crippen molar-refractivity contribution in [2.45, 2.75) is 25.3 Å². The van der Waals surface area contributed by atoms with E-state index in [1.54, 1.807) is 11.6 Å². The van der Waals surface area contributed by atoms with Gasteiger partial charge in [0.25, 0.3) is 0 Å². The Morgan fingerprint density at radius 1 is 1.41 bits per heavy atom. The molecule has 0 radical (unpaired) electrons. The minimum atomic E-state index is -0.954. The molecule has 0 spiro atoms. The minimum Gasteiger partial charge on any atom is -0.481 e. The lowest BCUT2D eigenvalue weighted by atomic mass is 10.0. The number of rotatable bonds is 7. The third kappa shape index (κ3) is 5.23. The SMILES string of the molecule is O=C(O)CC(NC(=O)CCc1cscn1)c1cccc(Br)c1. The van der Waals surface area contributed by atoms with Gasteiger partial charge in [-0.2, -0.15) is 0 Å². The van der Waals surface area contributed by atoms with Gasteiger partial charge in [0.1, 0.15) is 0 Å². The van der Waals surface area contributed by atoms with Crippen LogP contribution in [-0.2, 0) is 16.0 Å². The Hall–Kier alpha value is -1.73. The standard InChI is InChI=1S/C15H15BrN2O3S/c16-11-3-1-2-10(6-11)13(7-15(20)21)18-14(19)5-4-12-8-22-9-17-12/h1-3,6,8-9,13H,4-5,7H2,(H,18,19)(H,20,21). The van der Waals surface area contributed by atoms with Crippen LogP contribution in [0.1, 0.15) is 30.1 Å². The minimum absolute atomic E-state index is 0.154. The summed E-state index contributed by atoms with van der Waals surface area (Å²) in [6, 6.07) is 6.74. The molecule has 1 atom stereocenters. The molecule has 0 saturated heterocycles. The van der Waals surface area contributed by atoms with Crippen molar-refractivity contribution in [2.24, 2.45) is 0 Å². The number of hydrogen-bond acceptors (Lipinski definition) is 4. The summed E-state index contributed by atoms with van der Waals surface area (Å²) in [7, 11) is 0. The molecule has 116 valence electrons. The first-order valence-corrected chi connectivity index (χ1v) is 8.42. The topological polar surface area (TPSA) is 79.3 Å². The number of carbonyl (C=O) groups is 2. The summed E-state index contributed by atoms with van der Waals surface area (Å²) in [4.78, 5) is 27.2. The molecule has 1 heterocycles. The summed E-state index contributed by atoms with van der Waals surface area (Å²) in [6.07, 6.45) is 0.681. The molecule has 1 aromatic carbocycles. The van der Waals surface area contributed by atoms with Crippen LogP contribution in [0.2, 0.25) is 0 Å². The molecule has 1 unspecified atom stereocenters. The van der Waals surface area contributed by atoms with Crippen LogP contribution in [0, 0.1) is 0 Å². The molecule has 0 aliphatic carbocycles. The van der Waals surface area contributed by atoms with Crippen LogP contribution in [0.15, 0.2) is 39.6 Å². The largest absolute Gasteiger partial charge is 0.481 e. The Labute approximate surface area is 140 Å². The van der Waals surface area contributed by atoms with Crippen molar-refractivity contribution in [1.82, 2.24) is 10.3 Å². The summed E-state index contributed by atoms with van der Waals surface area (Å²) in [5.41, 5.74) is 3.36. The average Bonchev–Trinajstić information content (AvgIpc) is 2.97. The Bertz CT molecular complexity index is 646. The molecule has 5 nitrogen and oxygen atoms in total. The molecular formula is C15H15BrN2O3S. The number of thiazole rings is 1. The predicted octanol–water partition coefficient (Wildman–Crippen LogP) is 3.17. The number of carboxylic acid groups (broad SMARTS) is 1. The number of aromatic nitrogens is 1. The van der Waals surface area contributed by atoms with E-state index in [0.717, 1.165) is 15.7 Å². The van der Waals surface area contributed by atoms with Gasteiger partial charge in [0, 0.05) is 16.3 Å². The molecule has 0 aliphatic rings. The van der Waals surface area contributed by atoms with Crippen LogP contribution >= 0.6 is 27.3 Å². The highest BCUT2D eigenvalue weighted by molar-refractivity contribution is 9.10. The number of nitrogens with zero attached hydrogens (tertiary/aromatic N) is 1. The van der Waals surface area contributed by atoms with E-state index in [2.05, 4.69) is 26.2 Å². The van der Waals surface area contributed by atoms with Crippen LogP contribution in [-0.4, -0.2) is 22.0 Å². The van der Waals surface area contributed by atoms with E-state index >= 15 is 0 Å². The van der Waals surface area contributed by atoms with Gasteiger partial charge in [-0.05, 0) is 24.1 Å². The second-order valence-electron chi connectivity index (χ2n) is 4.75. The molecule has 2 rings (SSSR count). The van der Waals surface area contributed by atoms with Crippen LogP contribution in [0.4, 0.5) is 0 Å². The maximum absolute atomic E-state index is 12.0. The number of aliphatic carboxylic acids is 1. The molecule has 2 aromatic rings. The second-order valence-corrected chi connectivity index (χ2v) is 6.39. The molecule has 0 fully saturated rings. The maximum Gasteiger partial charge on any atom is 0.305 e. The third-order valence-electron chi connectivity index (χ3n) is 3.06. The van der Waals surface area contributed by atoms with Crippen molar-refractivity contribution in [2.75, 3.05) is 0 Å². The fraction of sp³-hybridized carbons (Fsp3) is 0.267. The smallest absolute Gasteiger partial charge is 0.305 e. The third-order valence-corrected chi connectivity index (χ3v) is 4.19. The highest BCUT2D eigenvalue weighted by atomic mass is 79.9. The number of benzene rings is 1. The molecule has 0 saturated carbocycles. The zero-order chi connectivity index (χ0) is 15.9. The highest BCUT2D eigenvalue weighted by Gasteiger charge is 2.18. The zero-order valence-corrected chi connectivity index (χ0v) is 14.1. The Morgan fingerprint density at radius 3 is 2.86 bits per heavy atom. The Kier molecular flexibility index (Phi) is 6.09. The number of hydrogen-bond donors (Lipinski definition) is 2. The van der Waals surface area contributed by atoms with Gasteiger partial charge in [0.2, 0.25) is 5.91 Å². The molecular weight excluding hydrogens is 368 g/mol. The first-order chi connectivity index (χ1) is 10.5. The lowest BCUT2D eigenvalue weighted by molar-refractivity contribution is -0.137. The van der Waals surface area contributed by atoms with Gasteiger partial charge < -0.3 is 10.4 Å². The number of carbonyl (C=O) groups excluding carboxylic acids is 1. The van der Waals surface area contributed by atoms with Crippen molar-refractivity contribution < 1.29 is 14.7 Å². The van der Waals surface area contributed by atoms with E-state index in [4.69, 9.17) is 5.11 Å². The normalized spacial score (nSPS) is 11.9. The van der Waals surface area contributed by atoms with Crippen LogP contribution < -0.4 is 5.32 Å². The van der Waals surface area contributed by atoms with E-state index in [1.165, 1.54) is 11.3 Å². The summed E-state index contributed by atoms with van der Waals surface area (Å²) in [6.45, 7) is 0. The van der Waals surface area contributed by atoms with Crippen molar-refractivity contribution in [3.63, 3.8) is 0 Å². The molecule has 1 aromatic heterocycles. The Balaban J connectivity index is 1.99. The van der Waals surface area contributed by atoms with Crippen LogP contribution in [0.25, 0.3) is 0 Å². The van der Waals surface area contributed by atoms with Crippen molar-refractivity contribution in [3.8, 4) is 0 Å². The molecule has 0 bridgehead atoms. The number of carboxylic acids is 1. The van der Waals surface area contributed by atoms with E-state index in [-0.39, 0.29) is 18.7 Å². The number of halogens is 1. The van der Waals surface area contributed by atoms with Crippen LogP contribution in [0.3, 0.4) is 0 Å². The molecule has 7 heteroatoms. The zero-order valence-electron chi connectivity index (χ0n) is 11.7. The summed E-state index contributed by atoms with van der Waals surface area (Å²) < 4.78 is 0.845. The monoisotopic (exact) mass is 382 g/mol. The first kappa shape index (κ1) is 16.6. The number of amides is 1. The first-order valence-electron chi connectivity index (χ1n) is 6.68. The maximum atomic E-state index is 12.0.